The van der Waals surface area contributed by atoms with Gasteiger partial charge in [0.25, 0.3) is 0 Å². The maximum atomic E-state index is 12.9. The summed E-state index contributed by atoms with van der Waals surface area (Å²) < 4.78 is 44.1. The summed E-state index contributed by atoms with van der Waals surface area (Å²) in [6, 6.07) is 12.0. The number of hydrazone groups is 1. The van der Waals surface area contributed by atoms with Crippen molar-refractivity contribution < 1.29 is 17.9 Å². The van der Waals surface area contributed by atoms with Gasteiger partial charge in [-0.2, -0.15) is 23.5 Å². The second-order valence-corrected chi connectivity index (χ2v) is 7.14. The molecule has 3 rings (SSSR count). The third-order valence-corrected chi connectivity index (χ3v) is 5.03. The Kier molecular flexibility index (Phi) is 6.59. The minimum atomic E-state index is -4.52. The number of ether oxygens (including phenoxy) is 1. The molecule has 0 atom stereocenters. The zero-order valence-electron chi connectivity index (χ0n) is 15.5. The Labute approximate surface area is 179 Å². The van der Waals surface area contributed by atoms with Crippen molar-refractivity contribution in [2.24, 2.45) is 5.10 Å². The number of aromatic nitrogens is 1. The molecular formula is C20H14ClF3N4OS. The molecule has 154 valence electrons. The summed E-state index contributed by atoms with van der Waals surface area (Å²) in [5, 5.41) is 15.4. The molecule has 0 saturated heterocycles. The number of nitriles is 1. The van der Waals surface area contributed by atoms with E-state index in [0.29, 0.717) is 17.3 Å². The number of anilines is 1. The van der Waals surface area contributed by atoms with Crippen LogP contribution in [0.5, 0.6) is 5.75 Å². The van der Waals surface area contributed by atoms with Gasteiger partial charge in [-0.15, -0.1) is 11.3 Å². The monoisotopic (exact) mass is 450 g/mol. The molecule has 3 aromatic rings. The molecule has 0 unspecified atom stereocenters. The van der Waals surface area contributed by atoms with E-state index >= 15 is 0 Å². The van der Waals surface area contributed by atoms with Crippen LogP contribution < -0.4 is 10.2 Å². The summed E-state index contributed by atoms with van der Waals surface area (Å²) in [5.74, 6) is 0.734. The van der Waals surface area contributed by atoms with Gasteiger partial charge in [-0.05, 0) is 49.4 Å². The van der Waals surface area contributed by atoms with Gasteiger partial charge in [0, 0.05) is 10.9 Å². The zero-order valence-corrected chi connectivity index (χ0v) is 17.1. The lowest BCUT2D eigenvalue weighted by molar-refractivity contribution is -0.137. The molecule has 0 radical (unpaired) electrons. The summed E-state index contributed by atoms with van der Waals surface area (Å²) in [6.45, 7) is 2.45. The number of nitrogens with zero attached hydrogens (tertiary/aromatic N) is 3. The standard InChI is InChI=1S/C20H14ClF3N4OS/c1-2-29-14-6-3-12(4-7-14)18-11-30-19(26-18)17(10-25)28-27-16-9-13(20(22,23)24)5-8-15(16)21/h3-9,11,27H,2H2,1H3/b28-17-. The number of hydrogen-bond acceptors (Lipinski definition) is 6. The van der Waals surface area contributed by atoms with E-state index in [1.807, 2.05) is 37.3 Å². The molecule has 30 heavy (non-hydrogen) atoms. The van der Waals surface area contributed by atoms with Crippen molar-refractivity contribution in [3.63, 3.8) is 0 Å². The largest absolute Gasteiger partial charge is 0.494 e. The van der Waals surface area contributed by atoms with E-state index in [1.54, 1.807) is 5.38 Å². The molecule has 10 heteroatoms. The van der Waals surface area contributed by atoms with E-state index in [2.05, 4.69) is 15.5 Å². The topological polar surface area (TPSA) is 70.3 Å². The van der Waals surface area contributed by atoms with Crippen LogP contribution in [0.1, 0.15) is 17.5 Å². The average molecular weight is 451 g/mol. The van der Waals surface area contributed by atoms with Gasteiger partial charge in [0.1, 0.15) is 11.8 Å². The van der Waals surface area contributed by atoms with Crippen LogP contribution in [0.25, 0.3) is 11.3 Å². The second kappa shape index (κ2) is 9.15. The van der Waals surface area contributed by atoms with Crippen LogP contribution in [0, 0.1) is 11.3 Å². The molecule has 5 nitrogen and oxygen atoms in total. The van der Waals surface area contributed by atoms with Crippen molar-refractivity contribution in [1.29, 1.82) is 5.26 Å². The molecule has 0 aliphatic heterocycles. The van der Waals surface area contributed by atoms with Gasteiger partial charge >= 0.3 is 6.18 Å². The fourth-order valence-electron chi connectivity index (χ4n) is 2.43. The molecule has 0 fully saturated rings. The zero-order chi connectivity index (χ0) is 21.7. The van der Waals surface area contributed by atoms with Crippen molar-refractivity contribution >= 4 is 34.3 Å². The van der Waals surface area contributed by atoms with Crippen LogP contribution in [-0.4, -0.2) is 17.3 Å². The predicted molar refractivity (Wildman–Crippen MR) is 111 cm³/mol. The van der Waals surface area contributed by atoms with Gasteiger partial charge in [-0.25, -0.2) is 4.98 Å². The fourth-order valence-corrected chi connectivity index (χ4v) is 3.35. The van der Waals surface area contributed by atoms with Crippen LogP contribution in [0.3, 0.4) is 0 Å². The quantitative estimate of drug-likeness (QED) is 0.357. The third-order valence-electron chi connectivity index (χ3n) is 3.86. The molecule has 0 bridgehead atoms. The van der Waals surface area contributed by atoms with Crippen LogP contribution in [-0.2, 0) is 6.18 Å². The fraction of sp³-hybridized carbons (Fsp3) is 0.150. The number of benzene rings is 2. The molecule has 0 saturated carbocycles. The number of nitrogens with one attached hydrogen (secondary N) is 1. The molecule has 0 spiro atoms. The van der Waals surface area contributed by atoms with E-state index in [0.717, 1.165) is 29.5 Å². The van der Waals surface area contributed by atoms with Crippen LogP contribution >= 0.6 is 22.9 Å². The first-order valence-corrected chi connectivity index (χ1v) is 9.87. The number of thiazole rings is 1. The van der Waals surface area contributed by atoms with E-state index < -0.39 is 11.7 Å². The van der Waals surface area contributed by atoms with E-state index in [9.17, 15) is 18.4 Å². The Morgan fingerprint density at radius 2 is 2.00 bits per heavy atom. The van der Waals surface area contributed by atoms with Crippen molar-refractivity contribution in [3.8, 4) is 23.1 Å². The van der Waals surface area contributed by atoms with Gasteiger partial charge in [-0.1, -0.05) is 11.6 Å². The highest BCUT2D eigenvalue weighted by atomic mass is 35.5. The van der Waals surface area contributed by atoms with E-state index in [4.69, 9.17) is 16.3 Å². The summed E-state index contributed by atoms with van der Waals surface area (Å²) in [7, 11) is 0. The Balaban J connectivity index is 1.82. The number of alkyl halides is 3. The summed E-state index contributed by atoms with van der Waals surface area (Å²) in [6.07, 6.45) is -4.52. The van der Waals surface area contributed by atoms with Crippen LogP contribution in [0.4, 0.5) is 18.9 Å². The lowest BCUT2D eigenvalue weighted by Gasteiger charge is -2.10. The average Bonchev–Trinajstić information content (AvgIpc) is 3.19. The minimum absolute atomic E-state index is 0.0401. The van der Waals surface area contributed by atoms with Gasteiger partial charge in [0.2, 0.25) is 0 Å². The molecule has 1 heterocycles. The molecule has 0 aliphatic carbocycles. The molecule has 0 amide bonds. The van der Waals surface area contributed by atoms with Gasteiger partial charge in [0.15, 0.2) is 10.7 Å². The Morgan fingerprint density at radius 3 is 2.63 bits per heavy atom. The second-order valence-electron chi connectivity index (χ2n) is 5.87. The Bertz CT molecular complexity index is 1100. The van der Waals surface area contributed by atoms with E-state index in [1.165, 1.54) is 11.3 Å². The van der Waals surface area contributed by atoms with Crippen LogP contribution in [0.2, 0.25) is 5.02 Å². The van der Waals surface area contributed by atoms with Gasteiger partial charge in [-0.3, -0.25) is 5.43 Å². The SMILES string of the molecule is CCOc1ccc(-c2csc(/C(C#N)=N\Nc3cc(C(F)(F)F)ccc3Cl)n2)cc1. The van der Waals surface area contributed by atoms with E-state index in [-0.39, 0.29) is 16.4 Å². The molecule has 2 aromatic carbocycles. The molecule has 1 aromatic heterocycles. The number of hydrogen-bond donors (Lipinski definition) is 1. The van der Waals surface area contributed by atoms with Crippen molar-refractivity contribution in [3.05, 3.63) is 63.4 Å². The third kappa shape index (κ3) is 5.09. The highest BCUT2D eigenvalue weighted by molar-refractivity contribution is 7.12. The lowest BCUT2D eigenvalue weighted by atomic mass is 10.2. The van der Waals surface area contributed by atoms with Gasteiger partial charge < -0.3 is 4.74 Å². The normalized spacial score (nSPS) is 11.8. The predicted octanol–water partition coefficient (Wildman–Crippen LogP) is 6.22. The molecular weight excluding hydrogens is 437 g/mol. The maximum Gasteiger partial charge on any atom is 0.416 e. The highest BCUT2D eigenvalue weighted by Gasteiger charge is 2.31. The maximum absolute atomic E-state index is 12.9. The summed E-state index contributed by atoms with van der Waals surface area (Å²) in [5.41, 5.74) is 2.87. The van der Waals surface area contributed by atoms with Gasteiger partial charge in [0.05, 0.1) is 28.6 Å². The Morgan fingerprint density at radius 1 is 1.27 bits per heavy atom. The number of halogens is 4. The van der Waals surface area contributed by atoms with Crippen LogP contribution in [0.15, 0.2) is 52.9 Å². The summed E-state index contributed by atoms with van der Waals surface area (Å²) in [4.78, 5) is 4.39. The highest BCUT2D eigenvalue weighted by Crippen LogP contribution is 2.34. The van der Waals surface area contributed by atoms with Crippen molar-refractivity contribution in [2.75, 3.05) is 12.0 Å². The first kappa shape index (κ1) is 21.6. The molecule has 0 aliphatic rings. The smallest absolute Gasteiger partial charge is 0.416 e. The number of rotatable bonds is 6. The Hall–Kier alpha value is -3.09. The lowest BCUT2D eigenvalue weighted by Crippen LogP contribution is -2.06. The first-order valence-electron chi connectivity index (χ1n) is 8.61. The van der Waals surface area contributed by atoms with Crippen molar-refractivity contribution in [2.45, 2.75) is 13.1 Å². The molecule has 1 N–H and O–H groups in total. The van der Waals surface area contributed by atoms with Crippen molar-refractivity contribution in [1.82, 2.24) is 4.98 Å². The first-order chi connectivity index (χ1) is 14.3. The minimum Gasteiger partial charge on any atom is -0.494 e. The summed E-state index contributed by atoms with van der Waals surface area (Å²) >= 11 is 7.12.